The van der Waals surface area contributed by atoms with E-state index in [1.165, 1.54) is 0 Å². The van der Waals surface area contributed by atoms with Gasteiger partial charge in [0.1, 0.15) is 4.60 Å². The number of esters is 1. The Kier molecular flexibility index (Phi) is 4.11. The highest BCUT2D eigenvalue weighted by molar-refractivity contribution is 9.10. The lowest BCUT2D eigenvalue weighted by Crippen LogP contribution is -2.12. The van der Waals surface area contributed by atoms with Gasteiger partial charge in [-0.2, -0.15) is 0 Å². The summed E-state index contributed by atoms with van der Waals surface area (Å²) in [6.07, 6.45) is 0. The van der Waals surface area contributed by atoms with Crippen LogP contribution in [-0.2, 0) is 4.74 Å². The zero-order valence-corrected chi connectivity index (χ0v) is 11.8. The van der Waals surface area contributed by atoms with Crippen LogP contribution in [0.25, 0.3) is 11.4 Å². The van der Waals surface area contributed by atoms with Gasteiger partial charge in [-0.3, -0.25) is 0 Å². The number of carbonyl (C=O) groups excluding carboxylic acids is 1. The van der Waals surface area contributed by atoms with Crippen molar-refractivity contribution in [2.75, 3.05) is 12.3 Å². The Labute approximate surface area is 119 Å². The van der Waals surface area contributed by atoms with E-state index < -0.39 is 5.97 Å². The number of anilines is 1. The van der Waals surface area contributed by atoms with Crippen molar-refractivity contribution in [2.45, 2.75) is 6.92 Å². The van der Waals surface area contributed by atoms with Gasteiger partial charge in [-0.25, -0.2) is 14.8 Å². The highest BCUT2D eigenvalue weighted by Crippen LogP contribution is 2.25. The molecule has 0 amide bonds. The van der Waals surface area contributed by atoms with Gasteiger partial charge in [0, 0.05) is 5.56 Å². The van der Waals surface area contributed by atoms with E-state index in [-0.39, 0.29) is 18.0 Å². The lowest BCUT2D eigenvalue weighted by molar-refractivity contribution is 0.0520. The van der Waals surface area contributed by atoms with Crippen molar-refractivity contribution in [1.29, 1.82) is 0 Å². The average Bonchev–Trinajstić information content (AvgIpc) is 2.43. The third-order valence-electron chi connectivity index (χ3n) is 2.40. The lowest BCUT2D eigenvalue weighted by atomic mass is 10.2. The van der Waals surface area contributed by atoms with Gasteiger partial charge < -0.3 is 10.5 Å². The molecule has 19 heavy (non-hydrogen) atoms. The minimum Gasteiger partial charge on any atom is -0.461 e. The normalized spacial score (nSPS) is 10.2. The average molecular weight is 322 g/mol. The largest absolute Gasteiger partial charge is 0.461 e. The van der Waals surface area contributed by atoms with Crippen molar-refractivity contribution in [3.63, 3.8) is 0 Å². The molecular formula is C13H12BrN3O2. The standard InChI is InChI=1S/C13H12BrN3O2/c1-2-19-13(18)10-9(15)11(14)17-12(16-10)8-6-4-3-5-7-8/h3-7H,2,15H2,1H3. The molecule has 0 aliphatic rings. The number of hydrogen-bond acceptors (Lipinski definition) is 5. The van der Waals surface area contributed by atoms with Crippen LogP contribution in [0.3, 0.4) is 0 Å². The van der Waals surface area contributed by atoms with Crippen LogP contribution in [0.4, 0.5) is 5.69 Å². The lowest BCUT2D eigenvalue weighted by Gasteiger charge is -2.08. The fourth-order valence-corrected chi connectivity index (χ4v) is 1.87. The summed E-state index contributed by atoms with van der Waals surface area (Å²) >= 11 is 3.23. The van der Waals surface area contributed by atoms with Crippen LogP contribution in [0.15, 0.2) is 34.9 Å². The summed E-state index contributed by atoms with van der Waals surface area (Å²) in [5.41, 5.74) is 6.84. The molecule has 98 valence electrons. The number of carbonyl (C=O) groups is 1. The Morgan fingerprint density at radius 3 is 2.63 bits per heavy atom. The van der Waals surface area contributed by atoms with Crippen LogP contribution in [0, 0.1) is 0 Å². The Balaban J connectivity index is 2.51. The molecule has 0 aliphatic heterocycles. The predicted octanol–water partition coefficient (Wildman–Crippen LogP) is 2.67. The number of hydrogen-bond donors (Lipinski definition) is 1. The summed E-state index contributed by atoms with van der Waals surface area (Å²) in [6, 6.07) is 9.34. The Morgan fingerprint density at radius 2 is 2.00 bits per heavy atom. The predicted molar refractivity (Wildman–Crippen MR) is 75.5 cm³/mol. The molecule has 2 aromatic rings. The molecule has 2 rings (SSSR count). The second-order valence-corrected chi connectivity index (χ2v) is 4.44. The van der Waals surface area contributed by atoms with Gasteiger partial charge in [-0.05, 0) is 22.9 Å². The molecule has 2 N–H and O–H groups in total. The van der Waals surface area contributed by atoms with Crippen molar-refractivity contribution in [1.82, 2.24) is 9.97 Å². The molecule has 1 aromatic carbocycles. The summed E-state index contributed by atoms with van der Waals surface area (Å²) in [7, 11) is 0. The van der Waals surface area contributed by atoms with Crippen molar-refractivity contribution in [3.05, 3.63) is 40.6 Å². The number of nitrogens with two attached hydrogens (primary N) is 1. The first-order valence-electron chi connectivity index (χ1n) is 5.69. The molecule has 0 unspecified atom stereocenters. The van der Waals surface area contributed by atoms with Gasteiger partial charge in [-0.15, -0.1) is 0 Å². The smallest absolute Gasteiger partial charge is 0.359 e. The van der Waals surface area contributed by atoms with E-state index in [0.717, 1.165) is 5.56 Å². The summed E-state index contributed by atoms with van der Waals surface area (Å²) in [6.45, 7) is 1.99. The number of nitrogens with zero attached hydrogens (tertiary/aromatic N) is 2. The molecule has 0 radical (unpaired) electrons. The molecule has 0 spiro atoms. The Morgan fingerprint density at radius 1 is 1.32 bits per heavy atom. The molecule has 0 fully saturated rings. The first kappa shape index (κ1) is 13.5. The van der Waals surface area contributed by atoms with Gasteiger partial charge >= 0.3 is 5.97 Å². The maximum atomic E-state index is 11.8. The highest BCUT2D eigenvalue weighted by Gasteiger charge is 2.18. The molecular weight excluding hydrogens is 310 g/mol. The number of nitrogen functional groups attached to an aromatic ring is 1. The molecule has 0 bridgehead atoms. The van der Waals surface area contributed by atoms with E-state index in [9.17, 15) is 4.79 Å². The molecule has 5 nitrogen and oxygen atoms in total. The monoisotopic (exact) mass is 321 g/mol. The van der Waals surface area contributed by atoms with Gasteiger partial charge in [0.15, 0.2) is 11.5 Å². The van der Waals surface area contributed by atoms with Gasteiger partial charge in [0.2, 0.25) is 0 Å². The molecule has 0 saturated heterocycles. The number of halogens is 1. The number of ether oxygens (including phenoxy) is 1. The minimum absolute atomic E-state index is 0.0718. The van der Waals surface area contributed by atoms with Crippen LogP contribution < -0.4 is 5.73 Å². The Bertz CT molecular complexity index is 602. The van der Waals surface area contributed by atoms with Crippen LogP contribution in [0.2, 0.25) is 0 Å². The maximum absolute atomic E-state index is 11.8. The third-order valence-corrected chi connectivity index (χ3v) is 3.00. The van der Waals surface area contributed by atoms with Crippen molar-refractivity contribution < 1.29 is 9.53 Å². The van der Waals surface area contributed by atoms with E-state index in [1.807, 2.05) is 30.3 Å². The number of aromatic nitrogens is 2. The number of benzene rings is 1. The van der Waals surface area contributed by atoms with Crippen LogP contribution in [-0.4, -0.2) is 22.5 Å². The molecule has 0 atom stereocenters. The van der Waals surface area contributed by atoms with Crippen molar-refractivity contribution >= 4 is 27.6 Å². The topological polar surface area (TPSA) is 78.1 Å². The van der Waals surface area contributed by atoms with Gasteiger partial charge in [0.25, 0.3) is 0 Å². The summed E-state index contributed by atoms with van der Waals surface area (Å²) in [5.74, 6) is -0.134. The highest BCUT2D eigenvalue weighted by atomic mass is 79.9. The fourth-order valence-electron chi connectivity index (χ4n) is 1.51. The van der Waals surface area contributed by atoms with Crippen LogP contribution in [0.5, 0.6) is 0 Å². The number of rotatable bonds is 3. The van der Waals surface area contributed by atoms with E-state index in [2.05, 4.69) is 25.9 Å². The fraction of sp³-hybridized carbons (Fsp3) is 0.154. The molecule has 6 heteroatoms. The molecule has 1 heterocycles. The summed E-state index contributed by atoms with van der Waals surface area (Å²) < 4.78 is 5.30. The van der Waals surface area contributed by atoms with E-state index >= 15 is 0 Å². The summed E-state index contributed by atoms with van der Waals surface area (Å²) in [5, 5.41) is 0. The van der Waals surface area contributed by atoms with E-state index in [0.29, 0.717) is 10.4 Å². The second-order valence-electron chi connectivity index (χ2n) is 3.69. The third kappa shape index (κ3) is 2.90. The second kappa shape index (κ2) is 5.79. The van der Waals surface area contributed by atoms with Crippen LogP contribution in [0.1, 0.15) is 17.4 Å². The Hall–Kier alpha value is -1.95. The van der Waals surface area contributed by atoms with Crippen molar-refractivity contribution in [2.24, 2.45) is 0 Å². The maximum Gasteiger partial charge on any atom is 0.359 e. The molecule has 1 aromatic heterocycles. The molecule has 0 aliphatic carbocycles. The SMILES string of the molecule is CCOC(=O)c1nc(-c2ccccc2)nc(Br)c1N. The first-order chi connectivity index (χ1) is 9.13. The van der Waals surface area contributed by atoms with Gasteiger partial charge in [-0.1, -0.05) is 30.3 Å². The van der Waals surface area contributed by atoms with Crippen molar-refractivity contribution in [3.8, 4) is 11.4 Å². The zero-order valence-electron chi connectivity index (χ0n) is 10.3. The minimum atomic E-state index is -0.555. The van der Waals surface area contributed by atoms with Gasteiger partial charge in [0.05, 0.1) is 12.3 Å². The van der Waals surface area contributed by atoms with Crippen LogP contribution >= 0.6 is 15.9 Å². The van der Waals surface area contributed by atoms with E-state index in [1.54, 1.807) is 6.92 Å². The first-order valence-corrected chi connectivity index (χ1v) is 6.48. The van der Waals surface area contributed by atoms with E-state index in [4.69, 9.17) is 10.5 Å². The molecule has 0 saturated carbocycles. The zero-order chi connectivity index (χ0) is 13.8. The summed E-state index contributed by atoms with van der Waals surface area (Å²) in [4.78, 5) is 20.2. The quantitative estimate of drug-likeness (QED) is 0.694.